The Kier molecular flexibility index (Phi) is 4.98. The van der Waals surface area contributed by atoms with E-state index in [1.165, 1.54) is 0 Å². The monoisotopic (exact) mass is 180 g/mol. The molecule has 0 saturated heterocycles. The Morgan fingerprint density at radius 2 is 1.36 bits per heavy atom. The van der Waals surface area contributed by atoms with Gasteiger partial charge >= 0.3 is 12.1 Å². The highest BCUT2D eigenvalue weighted by atomic mass is 32.2. The standard InChI is InChI=1S/C2H8N6O2S/c3-5-1(9)7-11-8-2(10)6-4/h3-4H2,(H2,5,7,9)(H2,6,8,10). The molecule has 9 heteroatoms. The van der Waals surface area contributed by atoms with Crippen molar-refractivity contribution < 1.29 is 9.59 Å². The van der Waals surface area contributed by atoms with Crippen LogP contribution in [0.15, 0.2) is 0 Å². The fourth-order valence-electron chi connectivity index (χ4n) is 0.177. The molecule has 4 amide bonds. The van der Waals surface area contributed by atoms with Crippen LogP contribution in [0.3, 0.4) is 0 Å². The third-order valence-corrected chi connectivity index (χ3v) is 1.12. The number of carbonyl (C=O) groups is 2. The van der Waals surface area contributed by atoms with Gasteiger partial charge in [0, 0.05) is 0 Å². The summed E-state index contributed by atoms with van der Waals surface area (Å²) < 4.78 is 4.22. The number of hydrazine groups is 2. The van der Waals surface area contributed by atoms with Crippen molar-refractivity contribution in [2.75, 3.05) is 0 Å². The van der Waals surface area contributed by atoms with Crippen molar-refractivity contribution in [3.8, 4) is 0 Å². The van der Waals surface area contributed by atoms with Gasteiger partial charge in [0.05, 0.1) is 12.1 Å². The second-order valence-corrected chi connectivity index (χ2v) is 1.87. The van der Waals surface area contributed by atoms with Crippen LogP contribution in [0, 0.1) is 0 Å². The summed E-state index contributed by atoms with van der Waals surface area (Å²) in [6.45, 7) is 0. The predicted octanol–water partition coefficient (Wildman–Crippen LogP) is -2.10. The van der Waals surface area contributed by atoms with E-state index >= 15 is 0 Å². The fourth-order valence-corrected chi connectivity index (χ4v) is 0.531. The zero-order valence-electron chi connectivity index (χ0n) is 5.38. The molecular formula is C2H8N6O2S. The third kappa shape index (κ3) is 5.26. The number of rotatable bonds is 2. The average molecular weight is 180 g/mol. The summed E-state index contributed by atoms with van der Waals surface area (Å²) >= 11 is 0.635. The van der Waals surface area contributed by atoms with Crippen molar-refractivity contribution in [2.24, 2.45) is 11.7 Å². The van der Waals surface area contributed by atoms with Crippen molar-refractivity contribution in [1.29, 1.82) is 0 Å². The first-order valence-electron chi connectivity index (χ1n) is 2.39. The normalized spacial score (nSPS) is 8.18. The van der Waals surface area contributed by atoms with Crippen LogP contribution in [0.2, 0.25) is 0 Å². The first-order chi connectivity index (χ1) is 5.20. The highest BCUT2D eigenvalue weighted by Crippen LogP contribution is 1.82. The molecule has 0 rings (SSSR count). The number of urea groups is 2. The zero-order valence-corrected chi connectivity index (χ0v) is 6.20. The summed E-state index contributed by atoms with van der Waals surface area (Å²) in [5.41, 5.74) is 3.57. The average Bonchev–Trinajstić information content (AvgIpc) is 2.04. The number of hydrogen-bond acceptors (Lipinski definition) is 5. The van der Waals surface area contributed by atoms with Crippen LogP contribution in [0.4, 0.5) is 9.59 Å². The quantitative estimate of drug-likeness (QED) is 0.125. The molecule has 0 aliphatic heterocycles. The summed E-state index contributed by atoms with van der Waals surface area (Å²) in [6.07, 6.45) is 0. The number of nitrogens with two attached hydrogens (primary N) is 2. The Balaban J connectivity index is 3.27. The molecule has 0 fully saturated rings. The lowest BCUT2D eigenvalue weighted by molar-refractivity contribution is 0.246. The molecule has 0 spiro atoms. The molecule has 0 unspecified atom stereocenters. The molecule has 0 aromatic carbocycles. The molecule has 0 radical (unpaired) electrons. The van der Waals surface area contributed by atoms with Crippen LogP contribution >= 0.6 is 12.1 Å². The maximum absolute atomic E-state index is 10.3. The molecule has 0 aliphatic carbocycles. The van der Waals surface area contributed by atoms with Crippen LogP contribution in [-0.2, 0) is 0 Å². The van der Waals surface area contributed by atoms with Gasteiger partial charge in [-0.1, -0.05) is 0 Å². The number of amides is 4. The molecule has 0 heterocycles. The number of carbonyl (C=O) groups excluding carboxylic acids is 2. The topological polar surface area (TPSA) is 134 Å². The van der Waals surface area contributed by atoms with Crippen LogP contribution < -0.4 is 32.0 Å². The maximum Gasteiger partial charge on any atom is 0.340 e. The van der Waals surface area contributed by atoms with E-state index in [4.69, 9.17) is 11.7 Å². The lowest BCUT2D eigenvalue weighted by Gasteiger charge is -2.02. The molecule has 0 saturated carbocycles. The van der Waals surface area contributed by atoms with Crippen molar-refractivity contribution in [3.05, 3.63) is 0 Å². The Labute approximate surface area is 66.6 Å². The molecule has 8 N–H and O–H groups in total. The summed E-state index contributed by atoms with van der Waals surface area (Å²) in [7, 11) is 0. The molecule has 0 atom stereocenters. The Morgan fingerprint density at radius 3 is 1.64 bits per heavy atom. The van der Waals surface area contributed by atoms with Crippen molar-refractivity contribution in [1.82, 2.24) is 20.3 Å². The van der Waals surface area contributed by atoms with Gasteiger partial charge in [0.2, 0.25) is 0 Å². The molecule has 0 aromatic heterocycles. The molecule has 0 bridgehead atoms. The largest absolute Gasteiger partial charge is 0.340 e. The van der Waals surface area contributed by atoms with Gasteiger partial charge in [-0.2, -0.15) is 0 Å². The second-order valence-electron chi connectivity index (χ2n) is 1.25. The Hall–Kier alpha value is -1.19. The van der Waals surface area contributed by atoms with E-state index < -0.39 is 12.1 Å². The van der Waals surface area contributed by atoms with Gasteiger partial charge in [-0.15, -0.1) is 0 Å². The van der Waals surface area contributed by atoms with E-state index in [0.717, 1.165) is 0 Å². The first-order valence-corrected chi connectivity index (χ1v) is 3.21. The Morgan fingerprint density at radius 1 is 1.00 bits per heavy atom. The fraction of sp³-hybridized carbons (Fsp3) is 0. The molecular weight excluding hydrogens is 172 g/mol. The van der Waals surface area contributed by atoms with E-state index in [0.29, 0.717) is 12.1 Å². The lowest BCUT2D eigenvalue weighted by atomic mass is 11.1. The highest BCUT2D eigenvalue weighted by Gasteiger charge is 1.98. The van der Waals surface area contributed by atoms with Gasteiger partial charge in [-0.3, -0.25) is 20.3 Å². The zero-order chi connectivity index (χ0) is 8.69. The summed E-state index contributed by atoms with van der Waals surface area (Å²) in [4.78, 5) is 20.6. The minimum absolute atomic E-state index is 0.632. The van der Waals surface area contributed by atoms with Crippen molar-refractivity contribution in [2.45, 2.75) is 0 Å². The van der Waals surface area contributed by atoms with Crippen molar-refractivity contribution in [3.63, 3.8) is 0 Å². The number of nitrogens with one attached hydrogen (secondary N) is 4. The van der Waals surface area contributed by atoms with Gasteiger partial charge in [-0.05, 0) is 0 Å². The Bertz CT molecular complexity index is 134. The van der Waals surface area contributed by atoms with E-state index in [2.05, 4.69) is 9.44 Å². The summed E-state index contributed by atoms with van der Waals surface area (Å²) in [6, 6.07) is -1.26. The van der Waals surface area contributed by atoms with E-state index in [-0.39, 0.29) is 0 Å². The third-order valence-electron chi connectivity index (χ3n) is 0.550. The summed E-state index contributed by atoms with van der Waals surface area (Å²) in [5, 5.41) is 0. The molecule has 0 aromatic rings. The van der Waals surface area contributed by atoms with Gasteiger partial charge in [0.25, 0.3) is 0 Å². The molecule has 0 aliphatic rings. The summed E-state index contributed by atoms with van der Waals surface area (Å²) in [5.74, 6) is 9.39. The second kappa shape index (κ2) is 5.58. The first kappa shape index (κ1) is 9.81. The lowest BCUT2D eigenvalue weighted by Crippen LogP contribution is -2.41. The molecule has 8 nitrogen and oxygen atoms in total. The number of hydrogen-bond donors (Lipinski definition) is 6. The predicted molar refractivity (Wildman–Crippen MR) is 39.3 cm³/mol. The maximum atomic E-state index is 10.3. The highest BCUT2D eigenvalue weighted by molar-refractivity contribution is 7.96. The van der Waals surface area contributed by atoms with E-state index in [1.807, 2.05) is 0 Å². The molecule has 11 heavy (non-hydrogen) atoms. The minimum Gasteiger partial charge on any atom is -0.275 e. The van der Waals surface area contributed by atoms with E-state index in [9.17, 15) is 9.59 Å². The van der Waals surface area contributed by atoms with E-state index in [1.54, 1.807) is 10.9 Å². The van der Waals surface area contributed by atoms with Crippen molar-refractivity contribution >= 4 is 24.2 Å². The van der Waals surface area contributed by atoms with Gasteiger partial charge < -0.3 is 0 Å². The van der Waals surface area contributed by atoms with Gasteiger partial charge in [0.1, 0.15) is 0 Å². The van der Waals surface area contributed by atoms with Crippen LogP contribution in [0.5, 0.6) is 0 Å². The minimum atomic E-state index is -0.632. The van der Waals surface area contributed by atoms with Gasteiger partial charge in [-0.25, -0.2) is 21.3 Å². The van der Waals surface area contributed by atoms with Crippen LogP contribution in [0.1, 0.15) is 0 Å². The van der Waals surface area contributed by atoms with Gasteiger partial charge in [0.15, 0.2) is 0 Å². The molecule has 64 valence electrons. The SMILES string of the molecule is NNC(=O)NSNC(=O)NN. The smallest absolute Gasteiger partial charge is 0.275 e. The van der Waals surface area contributed by atoms with Crippen LogP contribution in [-0.4, -0.2) is 12.1 Å². The van der Waals surface area contributed by atoms with Crippen LogP contribution in [0.25, 0.3) is 0 Å².